The number of likely N-dealkylation sites (tertiary alicyclic amines) is 1. The zero-order chi connectivity index (χ0) is 15.2. The number of aliphatic hydroxyl groups excluding tert-OH is 1. The van der Waals surface area contributed by atoms with Gasteiger partial charge in [-0.1, -0.05) is 18.6 Å². The maximum absolute atomic E-state index is 13.5. The minimum absolute atomic E-state index is 0.0118. The summed E-state index contributed by atoms with van der Waals surface area (Å²) >= 11 is 0. The van der Waals surface area contributed by atoms with E-state index in [4.69, 9.17) is 5.11 Å². The molecule has 1 aromatic carbocycles. The quantitative estimate of drug-likeness (QED) is 0.820. The van der Waals surface area contributed by atoms with Gasteiger partial charge in [-0.15, -0.1) is 0 Å². The van der Waals surface area contributed by atoms with E-state index in [1.54, 1.807) is 19.1 Å². The van der Waals surface area contributed by atoms with Crippen LogP contribution in [0, 0.1) is 12.7 Å². The minimum atomic E-state index is -0.322. The molecule has 4 heteroatoms. The summed E-state index contributed by atoms with van der Waals surface area (Å²) in [7, 11) is 0. The largest absolute Gasteiger partial charge is 0.396 e. The molecule has 0 radical (unpaired) electrons. The number of aliphatic hydroxyl groups is 1. The van der Waals surface area contributed by atoms with Crippen molar-refractivity contribution in [3.63, 3.8) is 0 Å². The molecule has 21 heavy (non-hydrogen) atoms. The van der Waals surface area contributed by atoms with Crippen molar-refractivity contribution in [2.45, 2.75) is 45.1 Å². The molecule has 1 heterocycles. The third-order valence-corrected chi connectivity index (χ3v) is 4.33. The molecule has 1 atom stereocenters. The number of hydrogen-bond donors (Lipinski definition) is 1. The van der Waals surface area contributed by atoms with Crippen LogP contribution in [0.2, 0.25) is 0 Å². The van der Waals surface area contributed by atoms with E-state index in [2.05, 4.69) is 4.90 Å². The van der Waals surface area contributed by atoms with E-state index < -0.39 is 0 Å². The summed E-state index contributed by atoms with van der Waals surface area (Å²) < 4.78 is 13.5. The van der Waals surface area contributed by atoms with Crippen LogP contribution in [0.1, 0.15) is 48.0 Å². The molecule has 1 aliphatic heterocycles. The second-order valence-corrected chi connectivity index (χ2v) is 5.83. The van der Waals surface area contributed by atoms with E-state index in [9.17, 15) is 9.18 Å². The number of nitrogens with zero attached hydrogens (tertiary/aromatic N) is 1. The van der Waals surface area contributed by atoms with E-state index in [1.165, 1.54) is 12.5 Å². The SMILES string of the molecule is Cc1ccc(C(=O)CCN2CCCCC2CCO)cc1F. The third kappa shape index (κ3) is 4.35. The molecule has 3 nitrogen and oxygen atoms in total. The van der Waals surface area contributed by atoms with Crippen molar-refractivity contribution in [2.75, 3.05) is 19.7 Å². The highest BCUT2D eigenvalue weighted by Crippen LogP contribution is 2.20. The van der Waals surface area contributed by atoms with E-state index in [1.807, 2.05) is 0 Å². The normalized spacial score (nSPS) is 19.7. The molecule has 1 aliphatic rings. The third-order valence-electron chi connectivity index (χ3n) is 4.33. The molecule has 1 aromatic rings. The first-order valence-corrected chi connectivity index (χ1v) is 7.76. The number of halogens is 1. The summed E-state index contributed by atoms with van der Waals surface area (Å²) in [6.07, 6.45) is 4.61. The van der Waals surface area contributed by atoms with Crippen molar-refractivity contribution in [2.24, 2.45) is 0 Å². The molecule has 1 fully saturated rings. The van der Waals surface area contributed by atoms with Crippen LogP contribution in [-0.4, -0.2) is 41.5 Å². The highest BCUT2D eigenvalue weighted by Gasteiger charge is 2.22. The maximum atomic E-state index is 13.5. The number of piperidine rings is 1. The van der Waals surface area contributed by atoms with Crippen LogP contribution in [0.5, 0.6) is 0 Å². The fraction of sp³-hybridized carbons (Fsp3) is 0.588. The van der Waals surface area contributed by atoms with E-state index >= 15 is 0 Å². The highest BCUT2D eigenvalue weighted by atomic mass is 19.1. The Balaban J connectivity index is 1.91. The van der Waals surface area contributed by atoms with Crippen LogP contribution in [0.15, 0.2) is 18.2 Å². The zero-order valence-corrected chi connectivity index (χ0v) is 12.6. The Morgan fingerprint density at radius 2 is 2.24 bits per heavy atom. The van der Waals surface area contributed by atoms with Gasteiger partial charge in [0.25, 0.3) is 0 Å². The minimum Gasteiger partial charge on any atom is -0.396 e. The van der Waals surface area contributed by atoms with Crippen LogP contribution in [-0.2, 0) is 0 Å². The molecule has 0 aliphatic carbocycles. The van der Waals surface area contributed by atoms with Crippen LogP contribution >= 0.6 is 0 Å². The molecule has 0 bridgehead atoms. The predicted octanol–water partition coefficient (Wildman–Crippen LogP) is 2.94. The van der Waals surface area contributed by atoms with Gasteiger partial charge in [0, 0.05) is 31.2 Å². The Bertz CT molecular complexity index is 488. The fourth-order valence-electron chi connectivity index (χ4n) is 2.99. The molecule has 0 spiro atoms. The topological polar surface area (TPSA) is 40.5 Å². The zero-order valence-electron chi connectivity index (χ0n) is 12.6. The van der Waals surface area contributed by atoms with Gasteiger partial charge >= 0.3 is 0 Å². The van der Waals surface area contributed by atoms with E-state index in [0.717, 1.165) is 25.8 Å². The first kappa shape index (κ1) is 16.1. The number of carbonyl (C=O) groups is 1. The number of aryl methyl sites for hydroxylation is 1. The summed E-state index contributed by atoms with van der Waals surface area (Å²) in [5.74, 6) is -0.334. The van der Waals surface area contributed by atoms with Crippen LogP contribution < -0.4 is 0 Å². The lowest BCUT2D eigenvalue weighted by molar-refractivity contribution is 0.0896. The molecule has 1 N–H and O–H groups in total. The van der Waals surface area contributed by atoms with Crippen molar-refractivity contribution < 1.29 is 14.3 Å². The summed E-state index contributed by atoms with van der Waals surface area (Å²) in [5.41, 5.74) is 1.01. The number of rotatable bonds is 6. The van der Waals surface area contributed by atoms with Gasteiger partial charge in [-0.2, -0.15) is 0 Å². The second-order valence-electron chi connectivity index (χ2n) is 5.83. The second kappa shape index (κ2) is 7.66. The monoisotopic (exact) mass is 293 g/mol. The molecule has 0 aromatic heterocycles. The Kier molecular flexibility index (Phi) is 5.88. The first-order chi connectivity index (χ1) is 10.1. The molecule has 0 amide bonds. The molecule has 1 unspecified atom stereocenters. The van der Waals surface area contributed by atoms with Gasteiger partial charge in [0.05, 0.1) is 0 Å². The summed E-state index contributed by atoms with van der Waals surface area (Å²) in [5, 5.41) is 9.11. The Hall–Kier alpha value is -1.26. The van der Waals surface area contributed by atoms with Crippen LogP contribution in [0.25, 0.3) is 0 Å². The molecule has 2 rings (SSSR count). The Labute approximate surface area is 125 Å². The average Bonchev–Trinajstić information content (AvgIpc) is 2.49. The van der Waals surface area contributed by atoms with Crippen LogP contribution in [0.4, 0.5) is 4.39 Å². The summed E-state index contributed by atoms with van der Waals surface area (Å²) in [6, 6.07) is 5.06. The van der Waals surface area contributed by atoms with Gasteiger partial charge in [0.15, 0.2) is 5.78 Å². The average molecular weight is 293 g/mol. The standard InChI is InChI=1S/C17H24FNO2/c1-13-5-6-14(12-16(13)18)17(21)7-10-19-9-3-2-4-15(19)8-11-20/h5-6,12,15,20H,2-4,7-11H2,1H3. The van der Waals surface area contributed by atoms with Crippen molar-refractivity contribution in [3.05, 3.63) is 35.1 Å². The van der Waals surface area contributed by atoms with Crippen molar-refractivity contribution in [1.29, 1.82) is 0 Å². The van der Waals surface area contributed by atoms with Crippen molar-refractivity contribution in [3.8, 4) is 0 Å². The maximum Gasteiger partial charge on any atom is 0.164 e. The number of Topliss-reactive ketones (excluding diaryl/α,β-unsaturated/α-hetero) is 1. The highest BCUT2D eigenvalue weighted by molar-refractivity contribution is 5.96. The number of benzene rings is 1. The van der Waals surface area contributed by atoms with Crippen molar-refractivity contribution >= 4 is 5.78 Å². The lowest BCUT2D eigenvalue weighted by atomic mass is 9.98. The van der Waals surface area contributed by atoms with Gasteiger partial charge in [0.1, 0.15) is 5.82 Å². The van der Waals surface area contributed by atoms with Gasteiger partial charge in [-0.3, -0.25) is 9.69 Å². The Morgan fingerprint density at radius 3 is 2.95 bits per heavy atom. The Morgan fingerprint density at radius 1 is 1.43 bits per heavy atom. The number of ketones is 1. The molecular formula is C17H24FNO2. The number of hydrogen-bond acceptors (Lipinski definition) is 3. The number of carbonyl (C=O) groups excluding carboxylic acids is 1. The lowest BCUT2D eigenvalue weighted by Gasteiger charge is -2.35. The summed E-state index contributed by atoms with van der Waals surface area (Å²) in [6.45, 7) is 3.56. The van der Waals surface area contributed by atoms with E-state index in [-0.39, 0.29) is 18.2 Å². The van der Waals surface area contributed by atoms with Gasteiger partial charge < -0.3 is 5.11 Å². The van der Waals surface area contributed by atoms with Crippen molar-refractivity contribution in [1.82, 2.24) is 4.90 Å². The molecular weight excluding hydrogens is 269 g/mol. The molecule has 116 valence electrons. The van der Waals surface area contributed by atoms with E-state index in [0.29, 0.717) is 30.1 Å². The van der Waals surface area contributed by atoms with Gasteiger partial charge in [0.2, 0.25) is 0 Å². The lowest BCUT2D eigenvalue weighted by Crippen LogP contribution is -2.41. The fourth-order valence-corrected chi connectivity index (χ4v) is 2.99. The predicted molar refractivity (Wildman–Crippen MR) is 81.0 cm³/mol. The molecule has 0 saturated carbocycles. The first-order valence-electron chi connectivity index (χ1n) is 7.76. The summed E-state index contributed by atoms with van der Waals surface area (Å²) in [4.78, 5) is 14.5. The van der Waals surface area contributed by atoms with Gasteiger partial charge in [-0.25, -0.2) is 4.39 Å². The van der Waals surface area contributed by atoms with Crippen LogP contribution in [0.3, 0.4) is 0 Å². The van der Waals surface area contributed by atoms with Gasteiger partial charge in [-0.05, 0) is 44.4 Å². The molecule has 1 saturated heterocycles. The smallest absolute Gasteiger partial charge is 0.164 e.